The average Bonchev–Trinajstić information content (AvgIpc) is 3.17. The van der Waals surface area contributed by atoms with Crippen molar-refractivity contribution in [2.24, 2.45) is 0 Å². The van der Waals surface area contributed by atoms with Crippen LogP contribution in [0.4, 0.5) is 0 Å². The van der Waals surface area contributed by atoms with Gasteiger partial charge in [-0.1, -0.05) is 48.5 Å². The van der Waals surface area contributed by atoms with Crippen molar-refractivity contribution in [3.63, 3.8) is 0 Å². The van der Waals surface area contributed by atoms with Gasteiger partial charge in [0.25, 0.3) is 5.91 Å². The standard InChI is InChI=1S/C26H26N2O2S/c1-2-30-22-14-12-21(13-15-22)26(29)27-16-17-28-18-25(23-10-6-7-11-24(23)28)31-19-20-8-4-3-5-9-20/h3-15,18H,2,16-17,19H2,1H3,(H,27,29). The fourth-order valence-electron chi connectivity index (χ4n) is 3.51. The summed E-state index contributed by atoms with van der Waals surface area (Å²) in [5.74, 6) is 1.64. The van der Waals surface area contributed by atoms with Gasteiger partial charge in [-0.15, -0.1) is 11.8 Å². The molecule has 4 rings (SSSR count). The van der Waals surface area contributed by atoms with Crippen LogP contribution in [0.1, 0.15) is 22.8 Å². The number of hydrogen-bond donors (Lipinski definition) is 1. The highest BCUT2D eigenvalue weighted by Gasteiger charge is 2.10. The topological polar surface area (TPSA) is 43.3 Å². The number of rotatable bonds is 9. The van der Waals surface area contributed by atoms with Crippen molar-refractivity contribution in [3.05, 3.63) is 96.2 Å². The first kappa shape index (κ1) is 21.1. The molecule has 0 saturated carbocycles. The van der Waals surface area contributed by atoms with Crippen LogP contribution in [0, 0.1) is 0 Å². The number of carbonyl (C=O) groups excluding carboxylic acids is 1. The molecule has 0 saturated heterocycles. The molecular formula is C26H26N2O2S. The second-order valence-corrected chi connectivity index (χ2v) is 8.21. The van der Waals surface area contributed by atoms with E-state index in [-0.39, 0.29) is 5.91 Å². The third-order valence-electron chi connectivity index (χ3n) is 5.05. The largest absolute Gasteiger partial charge is 0.494 e. The number of nitrogens with one attached hydrogen (secondary N) is 1. The third kappa shape index (κ3) is 5.30. The zero-order valence-corrected chi connectivity index (χ0v) is 18.4. The minimum atomic E-state index is -0.0711. The molecule has 0 fully saturated rings. The maximum atomic E-state index is 12.5. The molecule has 5 heteroatoms. The predicted octanol–water partition coefficient (Wildman–Crippen LogP) is 5.76. The van der Waals surface area contributed by atoms with Gasteiger partial charge in [-0.3, -0.25) is 4.79 Å². The molecule has 0 spiro atoms. The fourth-order valence-corrected chi connectivity index (χ4v) is 4.55. The van der Waals surface area contributed by atoms with Gasteiger partial charge in [0.05, 0.1) is 6.61 Å². The Balaban J connectivity index is 1.39. The van der Waals surface area contributed by atoms with Crippen LogP contribution in [0.25, 0.3) is 10.9 Å². The molecule has 0 bridgehead atoms. The molecule has 4 aromatic rings. The van der Waals surface area contributed by atoms with E-state index >= 15 is 0 Å². The van der Waals surface area contributed by atoms with Gasteiger partial charge in [-0.2, -0.15) is 0 Å². The molecule has 158 valence electrons. The van der Waals surface area contributed by atoms with E-state index < -0.39 is 0 Å². The predicted molar refractivity (Wildman–Crippen MR) is 128 cm³/mol. The molecule has 1 N–H and O–H groups in total. The Morgan fingerprint density at radius 1 is 0.968 bits per heavy atom. The maximum absolute atomic E-state index is 12.5. The van der Waals surface area contributed by atoms with E-state index in [2.05, 4.69) is 64.6 Å². The zero-order valence-electron chi connectivity index (χ0n) is 17.6. The maximum Gasteiger partial charge on any atom is 0.251 e. The van der Waals surface area contributed by atoms with Crippen molar-refractivity contribution in [1.29, 1.82) is 0 Å². The first-order chi connectivity index (χ1) is 15.2. The van der Waals surface area contributed by atoms with Crippen LogP contribution >= 0.6 is 11.8 Å². The lowest BCUT2D eigenvalue weighted by Crippen LogP contribution is -2.27. The SMILES string of the molecule is CCOc1ccc(C(=O)NCCn2cc(SCc3ccccc3)c3ccccc32)cc1. The molecule has 0 aliphatic rings. The van der Waals surface area contributed by atoms with Gasteiger partial charge < -0.3 is 14.6 Å². The smallest absolute Gasteiger partial charge is 0.251 e. The number of carbonyl (C=O) groups is 1. The first-order valence-corrected chi connectivity index (χ1v) is 11.5. The van der Waals surface area contributed by atoms with Crippen molar-refractivity contribution in [2.75, 3.05) is 13.2 Å². The number of nitrogens with zero attached hydrogens (tertiary/aromatic N) is 1. The highest BCUT2D eigenvalue weighted by Crippen LogP contribution is 2.32. The van der Waals surface area contributed by atoms with E-state index in [0.29, 0.717) is 18.7 Å². The molecule has 1 aromatic heterocycles. The number of benzene rings is 3. The van der Waals surface area contributed by atoms with Crippen molar-refractivity contribution in [1.82, 2.24) is 9.88 Å². The normalized spacial score (nSPS) is 10.9. The molecule has 0 aliphatic heterocycles. The fraction of sp³-hybridized carbons (Fsp3) is 0.192. The number of para-hydroxylation sites is 1. The van der Waals surface area contributed by atoms with Gasteiger partial charge in [0, 0.05) is 46.4 Å². The summed E-state index contributed by atoms with van der Waals surface area (Å²) in [5.41, 5.74) is 3.14. The summed E-state index contributed by atoms with van der Waals surface area (Å²) in [5, 5.41) is 4.27. The summed E-state index contributed by atoms with van der Waals surface area (Å²) in [4.78, 5) is 13.7. The lowest BCUT2D eigenvalue weighted by atomic mass is 10.2. The van der Waals surface area contributed by atoms with Crippen LogP contribution in [0.2, 0.25) is 0 Å². The van der Waals surface area contributed by atoms with Gasteiger partial charge >= 0.3 is 0 Å². The second-order valence-electron chi connectivity index (χ2n) is 7.19. The highest BCUT2D eigenvalue weighted by atomic mass is 32.2. The Morgan fingerprint density at radius 2 is 1.71 bits per heavy atom. The van der Waals surface area contributed by atoms with E-state index in [4.69, 9.17) is 4.74 Å². The summed E-state index contributed by atoms with van der Waals surface area (Å²) in [6.45, 7) is 3.84. The summed E-state index contributed by atoms with van der Waals surface area (Å²) >= 11 is 1.85. The highest BCUT2D eigenvalue weighted by molar-refractivity contribution is 7.98. The number of thioether (sulfide) groups is 1. The van der Waals surface area contributed by atoms with Crippen molar-refractivity contribution in [2.45, 2.75) is 24.1 Å². The molecule has 4 nitrogen and oxygen atoms in total. The van der Waals surface area contributed by atoms with E-state index in [9.17, 15) is 4.79 Å². The van der Waals surface area contributed by atoms with E-state index in [1.54, 1.807) is 12.1 Å². The minimum Gasteiger partial charge on any atom is -0.494 e. The molecule has 0 unspecified atom stereocenters. The number of fused-ring (bicyclic) bond motifs is 1. The van der Waals surface area contributed by atoms with Crippen LogP contribution in [0.3, 0.4) is 0 Å². The molecule has 0 radical (unpaired) electrons. The Morgan fingerprint density at radius 3 is 2.48 bits per heavy atom. The van der Waals surface area contributed by atoms with Crippen LogP contribution in [0.15, 0.2) is 90.0 Å². The Bertz CT molecular complexity index is 1140. The molecule has 31 heavy (non-hydrogen) atoms. The second kappa shape index (κ2) is 10.2. The van der Waals surface area contributed by atoms with Crippen LogP contribution in [0.5, 0.6) is 5.75 Å². The number of ether oxygens (including phenoxy) is 1. The molecule has 0 atom stereocenters. The van der Waals surface area contributed by atoms with Gasteiger partial charge in [0.1, 0.15) is 5.75 Å². The summed E-state index contributed by atoms with van der Waals surface area (Å²) in [7, 11) is 0. The van der Waals surface area contributed by atoms with E-state index in [0.717, 1.165) is 18.0 Å². The molecule has 1 amide bonds. The van der Waals surface area contributed by atoms with Gasteiger partial charge in [-0.05, 0) is 42.8 Å². The molecule has 3 aromatic carbocycles. The van der Waals surface area contributed by atoms with E-state index in [1.807, 2.05) is 36.9 Å². The first-order valence-electron chi connectivity index (χ1n) is 10.5. The lowest BCUT2D eigenvalue weighted by molar-refractivity contribution is 0.0952. The number of hydrogen-bond acceptors (Lipinski definition) is 3. The number of aromatic nitrogens is 1. The minimum absolute atomic E-state index is 0.0711. The summed E-state index contributed by atoms with van der Waals surface area (Å²) in [6, 6.07) is 26.2. The Hall–Kier alpha value is -3.18. The third-order valence-corrected chi connectivity index (χ3v) is 6.17. The van der Waals surface area contributed by atoms with Gasteiger partial charge in [0.2, 0.25) is 0 Å². The van der Waals surface area contributed by atoms with Crippen molar-refractivity contribution < 1.29 is 9.53 Å². The average molecular weight is 431 g/mol. The summed E-state index contributed by atoms with van der Waals surface area (Å²) < 4.78 is 7.66. The Kier molecular flexibility index (Phi) is 6.95. The molecular weight excluding hydrogens is 404 g/mol. The van der Waals surface area contributed by atoms with E-state index in [1.165, 1.54) is 21.4 Å². The van der Waals surface area contributed by atoms with Crippen molar-refractivity contribution in [3.8, 4) is 5.75 Å². The molecule has 0 aliphatic carbocycles. The van der Waals surface area contributed by atoms with Crippen LogP contribution in [-0.4, -0.2) is 23.6 Å². The monoisotopic (exact) mass is 430 g/mol. The lowest BCUT2D eigenvalue weighted by Gasteiger charge is -2.08. The quantitative estimate of drug-likeness (QED) is 0.343. The van der Waals surface area contributed by atoms with Gasteiger partial charge in [-0.25, -0.2) is 0 Å². The van der Waals surface area contributed by atoms with Gasteiger partial charge in [0.15, 0.2) is 0 Å². The molecule has 1 heterocycles. The Labute approximate surface area is 187 Å². The van der Waals surface area contributed by atoms with Crippen molar-refractivity contribution >= 4 is 28.6 Å². The van der Waals surface area contributed by atoms with Crippen LogP contribution in [-0.2, 0) is 12.3 Å². The van der Waals surface area contributed by atoms with Crippen LogP contribution < -0.4 is 10.1 Å². The zero-order chi connectivity index (χ0) is 21.5. The number of amides is 1. The summed E-state index contributed by atoms with van der Waals surface area (Å²) in [6.07, 6.45) is 2.20.